The Morgan fingerprint density at radius 3 is 3.00 bits per heavy atom. The summed E-state index contributed by atoms with van der Waals surface area (Å²) in [5.41, 5.74) is 3.95. The Bertz CT molecular complexity index is 597. The van der Waals surface area contributed by atoms with Crippen molar-refractivity contribution in [2.24, 2.45) is 7.05 Å². The van der Waals surface area contributed by atoms with E-state index in [-0.39, 0.29) is 6.42 Å². The Balaban J connectivity index is 2.27. The average molecular weight is 230 g/mol. The summed E-state index contributed by atoms with van der Waals surface area (Å²) in [5, 5.41) is 9.03. The molecule has 4 heteroatoms. The third-order valence-corrected chi connectivity index (χ3v) is 3.40. The molecule has 1 fully saturated rings. The second-order valence-electron chi connectivity index (χ2n) is 4.64. The summed E-state index contributed by atoms with van der Waals surface area (Å²) in [6.45, 7) is 0. The molecule has 0 aromatic carbocycles. The smallest absolute Gasteiger partial charge is 0.307 e. The van der Waals surface area contributed by atoms with Gasteiger partial charge in [-0.2, -0.15) is 0 Å². The van der Waals surface area contributed by atoms with Crippen LogP contribution >= 0.6 is 0 Å². The molecule has 1 saturated carbocycles. The van der Waals surface area contributed by atoms with E-state index in [2.05, 4.69) is 9.55 Å². The average Bonchev–Trinajstić information content (AvgIpc) is 3.08. The number of carboxylic acid groups (broad SMARTS) is 1. The number of pyridine rings is 1. The monoisotopic (exact) mass is 230 g/mol. The minimum atomic E-state index is -0.787. The Labute approximate surface area is 98.9 Å². The molecule has 2 aromatic rings. The molecule has 4 nitrogen and oxygen atoms in total. The third kappa shape index (κ3) is 1.60. The predicted molar refractivity (Wildman–Crippen MR) is 64.0 cm³/mol. The van der Waals surface area contributed by atoms with Crippen LogP contribution in [0.15, 0.2) is 18.3 Å². The van der Waals surface area contributed by atoms with Gasteiger partial charge in [0, 0.05) is 24.5 Å². The molecular formula is C13H14N2O2. The van der Waals surface area contributed by atoms with E-state index in [4.69, 9.17) is 5.11 Å². The lowest BCUT2D eigenvalue weighted by atomic mass is 10.1. The fraction of sp³-hybridized carbons (Fsp3) is 0.385. The number of aryl methyl sites for hydroxylation is 1. The normalized spacial score (nSPS) is 15.4. The molecule has 17 heavy (non-hydrogen) atoms. The summed E-state index contributed by atoms with van der Waals surface area (Å²) in [7, 11) is 2.00. The standard InChI is InChI=1S/C13H14N2O2/c1-15-10-3-2-6-14-12(10)9(7-11(16)17)13(15)8-4-5-8/h2-3,6,8H,4-5,7H2,1H3,(H,16,17). The van der Waals surface area contributed by atoms with Gasteiger partial charge in [-0.25, -0.2) is 0 Å². The minimum Gasteiger partial charge on any atom is -0.481 e. The Hall–Kier alpha value is -1.84. The fourth-order valence-corrected chi connectivity index (χ4v) is 2.56. The molecule has 0 saturated heterocycles. The molecule has 0 radical (unpaired) electrons. The van der Waals surface area contributed by atoms with E-state index in [1.165, 1.54) is 5.69 Å². The van der Waals surface area contributed by atoms with Crippen LogP contribution in [0, 0.1) is 0 Å². The van der Waals surface area contributed by atoms with Crippen LogP contribution < -0.4 is 0 Å². The van der Waals surface area contributed by atoms with Crippen LogP contribution in [0.2, 0.25) is 0 Å². The summed E-state index contributed by atoms with van der Waals surface area (Å²) in [6.07, 6.45) is 4.12. The highest BCUT2D eigenvalue weighted by molar-refractivity contribution is 5.86. The number of fused-ring (bicyclic) bond motifs is 1. The van der Waals surface area contributed by atoms with Gasteiger partial charge in [0.25, 0.3) is 0 Å². The van der Waals surface area contributed by atoms with Crippen LogP contribution in [0.5, 0.6) is 0 Å². The number of aliphatic carboxylic acids is 1. The summed E-state index contributed by atoms with van der Waals surface area (Å²) in [4.78, 5) is 15.3. The Morgan fingerprint density at radius 1 is 1.59 bits per heavy atom. The van der Waals surface area contributed by atoms with Gasteiger partial charge in [0.15, 0.2) is 0 Å². The maximum atomic E-state index is 11.0. The lowest BCUT2D eigenvalue weighted by Gasteiger charge is -2.04. The first-order chi connectivity index (χ1) is 8.18. The number of hydrogen-bond donors (Lipinski definition) is 1. The first kappa shape index (κ1) is 10.3. The molecular weight excluding hydrogens is 216 g/mol. The van der Waals surface area contributed by atoms with Crippen LogP contribution in [0.1, 0.15) is 30.0 Å². The van der Waals surface area contributed by atoms with Crippen molar-refractivity contribution in [1.29, 1.82) is 0 Å². The zero-order valence-electron chi connectivity index (χ0n) is 9.68. The van der Waals surface area contributed by atoms with Gasteiger partial charge in [0.2, 0.25) is 0 Å². The second-order valence-corrected chi connectivity index (χ2v) is 4.64. The number of hydrogen-bond acceptors (Lipinski definition) is 2. The largest absolute Gasteiger partial charge is 0.481 e. The number of carbonyl (C=O) groups is 1. The summed E-state index contributed by atoms with van der Waals surface area (Å²) in [5.74, 6) is -0.256. The predicted octanol–water partition coefficient (Wildman–Crippen LogP) is 2.08. The van der Waals surface area contributed by atoms with Gasteiger partial charge >= 0.3 is 5.97 Å². The van der Waals surface area contributed by atoms with Crippen molar-refractivity contribution in [3.63, 3.8) is 0 Å². The summed E-state index contributed by atoms with van der Waals surface area (Å²) in [6, 6.07) is 3.89. The number of aromatic nitrogens is 2. The van der Waals surface area contributed by atoms with Gasteiger partial charge in [-0.3, -0.25) is 9.78 Å². The highest BCUT2D eigenvalue weighted by Gasteiger charge is 2.31. The van der Waals surface area contributed by atoms with Crippen molar-refractivity contribution < 1.29 is 9.90 Å². The van der Waals surface area contributed by atoms with Gasteiger partial charge in [0.05, 0.1) is 17.5 Å². The van der Waals surface area contributed by atoms with E-state index in [0.717, 1.165) is 29.4 Å². The van der Waals surface area contributed by atoms with Gasteiger partial charge in [-0.1, -0.05) is 0 Å². The number of rotatable bonds is 3. The fourth-order valence-electron chi connectivity index (χ4n) is 2.56. The first-order valence-electron chi connectivity index (χ1n) is 5.82. The van der Waals surface area contributed by atoms with E-state index < -0.39 is 5.97 Å². The van der Waals surface area contributed by atoms with Crippen molar-refractivity contribution in [3.05, 3.63) is 29.6 Å². The molecule has 0 bridgehead atoms. The van der Waals surface area contributed by atoms with Crippen LogP contribution in [0.25, 0.3) is 11.0 Å². The van der Waals surface area contributed by atoms with Crippen molar-refractivity contribution >= 4 is 17.0 Å². The maximum absolute atomic E-state index is 11.0. The summed E-state index contributed by atoms with van der Waals surface area (Å²) >= 11 is 0. The van der Waals surface area contributed by atoms with Crippen molar-refractivity contribution in [3.8, 4) is 0 Å². The molecule has 2 aromatic heterocycles. The van der Waals surface area contributed by atoms with Crippen LogP contribution in [0.3, 0.4) is 0 Å². The number of carboxylic acids is 1. The van der Waals surface area contributed by atoms with Crippen LogP contribution in [-0.2, 0) is 18.3 Å². The molecule has 3 rings (SSSR count). The lowest BCUT2D eigenvalue weighted by molar-refractivity contribution is -0.136. The van der Waals surface area contributed by atoms with Crippen LogP contribution in [-0.4, -0.2) is 20.6 Å². The Morgan fingerprint density at radius 2 is 2.35 bits per heavy atom. The van der Waals surface area contributed by atoms with Crippen molar-refractivity contribution in [1.82, 2.24) is 9.55 Å². The molecule has 88 valence electrons. The van der Waals surface area contributed by atoms with Gasteiger partial charge in [-0.15, -0.1) is 0 Å². The maximum Gasteiger partial charge on any atom is 0.307 e. The highest BCUT2D eigenvalue weighted by atomic mass is 16.4. The number of nitrogens with zero attached hydrogens (tertiary/aromatic N) is 2. The molecule has 0 unspecified atom stereocenters. The molecule has 0 aliphatic heterocycles. The first-order valence-corrected chi connectivity index (χ1v) is 5.82. The molecule has 1 N–H and O–H groups in total. The topological polar surface area (TPSA) is 55.1 Å². The lowest BCUT2D eigenvalue weighted by Crippen LogP contribution is -2.04. The van der Waals surface area contributed by atoms with Crippen molar-refractivity contribution in [2.75, 3.05) is 0 Å². The quantitative estimate of drug-likeness (QED) is 0.878. The van der Waals surface area contributed by atoms with Gasteiger partial charge < -0.3 is 9.67 Å². The molecule has 0 spiro atoms. The van der Waals surface area contributed by atoms with Crippen LogP contribution in [0.4, 0.5) is 0 Å². The van der Waals surface area contributed by atoms with E-state index >= 15 is 0 Å². The molecule has 1 aliphatic rings. The zero-order chi connectivity index (χ0) is 12.0. The van der Waals surface area contributed by atoms with E-state index in [9.17, 15) is 4.79 Å². The van der Waals surface area contributed by atoms with E-state index in [0.29, 0.717) is 5.92 Å². The van der Waals surface area contributed by atoms with Gasteiger partial charge in [-0.05, 0) is 30.9 Å². The van der Waals surface area contributed by atoms with Crippen molar-refractivity contribution in [2.45, 2.75) is 25.2 Å². The molecule has 0 amide bonds. The molecule has 1 aliphatic carbocycles. The minimum absolute atomic E-state index is 0.0696. The van der Waals surface area contributed by atoms with Gasteiger partial charge in [0.1, 0.15) is 0 Å². The highest BCUT2D eigenvalue weighted by Crippen LogP contribution is 2.44. The van der Waals surface area contributed by atoms with E-state index in [1.807, 2.05) is 19.2 Å². The zero-order valence-corrected chi connectivity index (χ0v) is 9.68. The third-order valence-electron chi connectivity index (χ3n) is 3.40. The second kappa shape index (κ2) is 3.58. The van der Waals surface area contributed by atoms with E-state index in [1.54, 1.807) is 6.20 Å². The Kier molecular flexibility index (Phi) is 2.18. The SMILES string of the molecule is Cn1c(C2CC2)c(CC(=O)O)c2ncccc21. The molecule has 2 heterocycles. The summed E-state index contributed by atoms with van der Waals surface area (Å²) < 4.78 is 2.11. The molecule has 0 atom stereocenters.